The van der Waals surface area contributed by atoms with Gasteiger partial charge in [0.15, 0.2) is 15.6 Å². The van der Waals surface area contributed by atoms with Gasteiger partial charge in [-0.1, -0.05) is 20.8 Å². The topological polar surface area (TPSA) is 51.2 Å². The lowest BCUT2D eigenvalue weighted by Gasteiger charge is -2.27. The van der Waals surface area contributed by atoms with E-state index in [2.05, 4.69) is 0 Å². The minimum atomic E-state index is -3.41. The van der Waals surface area contributed by atoms with Crippen LogP contribution < -0.4 is 0 Å². The Morgan fingerprint density at radius 2 is 1.33 bits per heavy atom. The van der Waals surface area contributed by atoms with E-state index in [4.69, 9.17) is 0 Å². The number of sulfone groups is 1. The summed E-state index contributed by atoms with van der Waals surface area (Å²) in [6.45, 7) is 11.6. The van der Waals surface area contributed by atoms with Gasteiger partial charge in [0, 0.05) is 5.41 Å². The van der Waals surface area contributed by atoms with Gasteiger partial charge < -0.3 is 0 Å². The molecule has 3 nitrogen and oxygen atoms in total. The minimum absolute atomic E-state index is 0.225. The highest BCUT2D eigenvalue weighted by atomic mass is 32.2. The van der Waals surface area contributed by atoms with E-state index in [1.54, 1.807) is 41.5 Å². The fourth-order valence-corrected chi connectivity index (χ4v) is 2.98. The summed E-state index contributed by atoms with van der Waals surface area (Å²) in [7, 11) is -3.41. The van der Waals surface area contributed by atoms with Crippen molar-refractivity contribution >= 4 is 15.6 Å². The molecular formula is C11H22O3S. The molecule has 0 saturated carbocycles. The summed E-state index contributed by atoms with van der Waals surface area (Å²) in [6, 6.07) is 0. The maximum Gasteiger partial charge on any atom is 0.164 e. The van der Waals surface area contributed by atoms with E-state index in [1.165, 1.54) is 6.92 Å². The predicted octanol–water partition coefficient (Wildman–Crippen LogP) is 2.20. The summed E-state index contributed by atoms with van der Waals surface area (Å²) in [4.78, 5) is 11.9. The van der Waals surface area contributed by atoms with Crippen molar-refractivity contribution in [3.63, 3.8) is 0 Å². The van der Waals surface area contributed by atoms with Crippen molar-refractivity contribution in [2.75, 3.05) is 0 Å². The largest absolute Gasteiger partial charge is 0.298 e. The zero-order chi connectivity index (χ0) is 12.7. The van der Waals surface area contributed by atoms with E-state index in [1.807, 2.05) is 0 Å². The molecule has 0 rings (SSSR count). The monoisotopic (exact) mass is 234 g/mol. The van der Waals surface area contributed by atoms with Crippen molar-refractivity contribution in [1.29, 1.82) is 0 Å². The lowest BCUT2D eigenvalue weighted by Crippen LogP contribution is -2.44. The number of ketones is 1. The summed E-state index contributed by atoms with van der Waals surface area (Å²) >= 11 is 0. The maximum atomic E-state index is 12.0. The normalized spacial score (nSPS) is 16.2. The van der Waals surface area contributed by atoms with Gasteiger partial charge in [-0.25, -0.2) is 8.42 Å². The molecular weight excluding hydrogens is 212 g/mol. The number of rotatable bonds is 2. The second-order valence-corrected chi connectivity index (χ2v) is 8.94. The molecule has 90 valence electrons. The van der Waals surface area contributed by atoms with Gasteiger partial charge in [-0.15, -0.1) is 0 Å². The Morgan fingerprint density at radius 1 is 1.00 bits per heavy atom. The first-order chi connectivity index (χ1) is 6.32. The Morgan fingerprint density at radius 3 is 1.53 bits per heavy atom. The van der Waals surface area contributed by atoms with Crippen LogP contribution in [0.2, 0.25) is 0 Å². The number of hydrogen-bond acceptors (Lipinski definition) is 3. The Labute approximate surface area is 93.2 Å². The molecule has 0 spiro atoms. The van der Waals surface area contributed by atoms with Crippen molar-refractivity contribution < 1.29 is 13.2 Å². The van der Waals surface area contributed by atoms with Gasteiger partial charge in [-0.05, 0) is 27.7 Å². The van der Waals surface area contributed by atoms with Crippen LogP contribution in [0.3, 0.4) is 0 Å². The maximum absolute atomic E-state index is 12.0. The molecule has 0 heterocycles. The molecule has 0 fully saturated rings. The Hall–Kier alpha value is -0.380. The average Bonchev–Trinajstić information content (AvgIpc) is 1.97. The molecule has 0 bridgehead atoms. The van der Waals surface area contributed by atoms with E-state index in [0.29, 0.717) is 0 Å². The Balaban J connectivity index is 5.23. The highest BCUT2D eigenvalue weighted by Gasteiger charge is 2.41. The summed E-state index contributed by atoms with van der Waals surface area (Å²) in [5.41, 5.74) is -0.613. The number of hydrogen-bond donors (Lipinski definition) is 0. The molecule has 0 radical (unpaired) electrons. The van der Waals surface area contributed by atoms with Gasteiger partial charge >= 0.3 is 0 Å². The van der Waals surface area contributed by atoms with Crippen LogP contribution in [0, 0.1) is 5.41 Å². The van der Waals surface area contributed by atoms with E-state index in [-0.39, 0.29) is 5.78 Å². The van der Waals surface area contributed by atoms with Crippen LogP contribution in [-0.2, 0) is 14.6 Å². The van der Waals surface area contributed by atoms with Crippen LogP contribution in [0.15, 0.2) is 0 Å². The fourth-order valence-electron chi connectivity index (χ4n) is 1.28. The number of carbonyl (C=O) groups excluding carboxylic acids is 1. The molecule has 0 aliphatic carbocycles. The molecule has 0 aromatic rings. The smallest absolute Gasteiger partial charge is 0.164 e. The molecule has 0 aliphatic heterocycles. The van der Waals surface area contributed by atoms with Gasteiger partial charge in [0.05, 0.1) is 4.75 Å². The fraction of sp³-hybridized carbons (Fsp3) is 0.909. The predicted molar refractivity (Wildman–Crippen MR) is 62.6 cm³/mol. The first-order valence-electron chi connectivity index (χ1n) is 5.09. The summed E-state index contributed by atoms with van der Waals surface area (Å²) in [6.07, 6.45) is 0. The SMILES string of the molecule is CC(C(=O)C(C)(C)C)S(=O)(=O)C(C)(C)C. The molecule has 0 aromatic carbocycles. The molecule has 1 unspecified atom stereocenters. The highest BCUT2D eigenvalue weighted by Crippen LogP contribution is 2.26. The number of Topliss-reactive ketones (excluding diaryl/α,β-unsaturated/α-hetero) is 1. The third kappa shape index (κ3) is 3.03. The van der Waals surface area contributed by atoms with Crippen LogP contribution in [0.4, 0.5) is 0 Å². The molecule has 1 atom stereocenters. The van der Waals surface area contributed by atoms with Crippen LogP contribution in [0.1, 0.15) is 48.5 Å². The first-order valence-corrected chi connectivity index (χ1v) is 6.64. The molecule has 0 saturated heterocycles. The van der Waals surface area contributed by atoms with Crippen molar-refractivity contribution in [2.45, 2.75) is 58.5 Å². The summed E-state index contributed by atoms with van der Waals surface area (Å²) < 4.78 is 23.2. The quantitative estimate of drug-likeness (QED) is 0.736. The lowest BCUT2D eigenvalue weighted by atomic mass is 9.89. The third-order valence-corrected chi connectivity index (χ3v) is 5.28. The number of carbonyl (C=O) groups is 1. The van der Waals surface area contributed by atoms with Crippen LogP contribution in [-0.4, -0.2) is 24.2 Å². The molecule has 4 heteroatoms. The lowest BCUT2D eigenvalue weighted by molar-refractivity contribution is -0.125. The van der Waals surface area contributed by atoms with Crippen molar-refractivity contribution in [3.8, 4) is 0 Å². The molecule has 0 aromatic heterocycles. The van der Waals surface area contributed by atoms with Crippen LogP contribution in [0.25, 0.3) is 0 Å². The van der Waals surface area contributed by atoms with Crippen LogP contribution in [0.5, 0.6) is 0 Å². The van der Waals surface area contributed by atoms with Crippen molar-refractivity contribution in [1.82, 2.24) is 0 Å². The average molecular weight is 234 g/mol. The summed E-state index contributed by atoms with van der Waals surface area (Å²) in [5.74, 6) is -0.225. The van der Waals surface area contributed by atoms with Gasteiger partial charge in [-0.2, -0.15) is 0 Å². The first kappa shape index (κ1) is 14.6. The minimum Gasteiger partial charge on any atom is -0.298 e. The zero-order valence-corrected chi connectivity index (χ0v) is 11.5. The van der Waals surface area contributed by atoms with Gasteiger partial charge in [0.2, 0.25) is 0 Å². The highest BCUT2D eigenvalue weighted by molar-refractivity contribution is 7.94. The Bertz CT molecular complexity index is 339. The standard InChI is InChI=1S/C11H22O3S/c1-8(9(12)10(2,3)4)15(13,14)11(5,6)7/h8H,1-7H3. The molecule has 0 amide bonds. The van der Waals surface area contributed by atoms with E-state index in [0.717, 1.165) is 0 Å². The van der Waals surface area contributed by atoms with Gasteiger partial charge in [0.25, 0.3) is 0 Å². The summed E-state index contributed by atoms with van der Waals surface area (Å²) in [5, 5.41) is -0.933. The van der Waals surface area contributed by atoms with Crippen LogP contribution >= 0.6 is 0 Å². The van der Waals surface area contributed by atoms with E-state index in [9.17, 15) is 13.2 Å². The van der Waals surface area contributed by atoms with E-state index < -0.39 is 25.2 Å². The third-order valence-electron chi connectivity index (χ3n) is 2.43. The second kappa shape index (κ2) is 3.89. The van der Waals surface area contributed by atoms with Crippen molar-refractivity contribution in [2.24, 2.45) is 5.41 Å². The second-order valence-electron chi connectivity index (χ2n) is 5.91. The molecule has 0 aliphatic rings. The molecule has 0 N–H and O–H groups in total. The van der Waals surface area contributed by atoms with Gasteiger partial charge in [0.1, 0.15) is 5.25 Å². The molecule has 15 heavy (non-hydrogen) atoms. The van der Waals surface area contributed by atoms with Gasteiger partial charge in [-0.3, -0.25) is 4.79 Å². The van der Waals surface area contributed by atoms with Crippen molar-refractivity contribution in [3.05, 3.63) is 0 Å². The Kier molecular flexibility index (Phi) is 3.79. The zero-order valence-electron chi connectivity index (χ0n) is 10.7. The van der Waals surface area contributed by atoms with E-state index >= 15 is 0 Å².